The highest BCUT2D eigenvalue weighted by molar-refractivity contribution is 5.78. The number of methoxy groups -OCH3 is 1. The van der Waals surface area contributed by atoms with Crippen molar-refractivity contribution in [3.8, 4) is 0 Å². The molecule has 0 fully saturated rings. The van der Waals surface area contributed by atoms with E-state index in [-0.39, 0.29) is 0 Å². The molecule has 0 aliphatic carbocycles. The molecule has 0 unspecified atom stereocenters. The quantitative estimate of drug-likeness (QED) is 0.453. The zero-order chi connectivity index (χ0) is 5.70. The lowest BCUT2D eigenvalue weighted by Gasteiger charge is -1.89. The van der Waals surface area contributed by atoms with E-state index in [1.165, 1.54) is 7.11 Å². The third kappa shape index (κ3) is 3.26. The number of carbonyl (C=O) groups is 1. The van der Waals surface area contributed by atoms with E-state index in [9.17, 15) is 9.90 Å². The molecule has 0 heterocycles. The first-order valence-electron chi connectivity index (χ1n) is 1.80. The molecule has 0 spiro atoms. The van der Waals surface area contributed by atoms with Gasteiger partial charge < -0.3 is 4.74 Å². The largest absolute Gasteiger partial charge is 0.469 e. The molecule has 0 amide bonds. The fourth-order valence-corrected chi connectivity index (χ4v) is 0.151. The van der Waals surface area contributed by atoms with Crippen LogP contribution in [0.2, 0.25) is 0 Å². The van der Waals surface area contributed by atoms with Gasteiger partial charge in [0.05, 0.1) is 20.1 Å². The normalized spacial score (nSPS) is 8.29. The van der Waals surface area contributed by atoms with Crippen LogP contribution in [-0.2, 0) is 14.6 Å². The van der Waals surface area contributed by atoms with E-state index in [1.807, 2.05) is 0 Å². The number of esters is 1. The van der Waals surface area contributed by atoms with Gasteiger partial charge in [-0.3, -0.25) is 4.79 Å². The van der Waals surface area contributed by atoms with Crippen LogP contribution in [0.3, 0.4) is 0 Å². The summed E-state index contributed by atoms with van der Waals surface area (Å²) in [7, 11) is 1.23. The minimum Gasteiger partial charge on any atom is -0.469 e. The van der Waals surface area contributed by atoms with Crippen molar-refractivity contribution in [1.29, 1.82) is 0 Å². The van der Waals surface area contributed by atoms with Crippen LogP contribution >= 0.6 is 0 Å². The monoisotopic (exact) mass is 102 g/mol. The number of carbonyl (C=O) groups excluding carboxylic acids is 1. The van der Waals surface area contributed by atoms with Gasteiger partial charge in [-0.25, -0.2) is 5.11 Å². The second-order valence-electron chi connectivity index (χ2n) is 0.894. The zero-order valence-corrected chi connectivity index (χ0v) is 4.01. The molecule has 0 bridgehead atoms. The predicted octanol–water partition coefficient (Wildman–Crippen LogP) is -0.206. The van der Waals surface area contributed by atoms with E-state index in [0.29, 0.717) is 0 Å². The minimum atomic E-state index is -0.560. The van der Waals surface area contributed by atoms with Crippen LogP contribution < -0.4 is 0 Å². The zero-order valence-electron chi connectivity index (χ0n) is 4.01. The first-order chi connectivity index (χ1) is 3.31. The maximum Gasteiger partial charge on any atom is 0.312 e. The van der Waals surface area contributed by atoms with Gasteiger partial charge in [-0.1, -0.05) is 0 Å². The molecule has 2 radical (unpaired) electrons. The first kappa shape index (κ1) is 6.43. The molecule has 7 heavy (non-hydrogen) atoms. The molecule has 0 aliphatic heterocycles. The lowest BCUT2D eigenvalue weighted by molar-refractivity contribution is -0.137. The van der Waals surface area contributed by atoms with Crippen molar-refractivity contribution in [2.75, 3.05) is 13.7 Å². The van der Waals surface area contributed by atoms with Crippen molar-refractivity contribution >= 4 is 5.97 Å². The lowest BCUT2D eigenvalue weighted by atomic mass is 10.5. The average Bonchev–Trinajstić information content (AvgIpc) is 1.68. The average molecular weight is 102 g/mol. The second-order valence-corrected chi connectivity index (χ2v) is 0.894. The Kier molecular flexibility index (Phi) is 3.32. The molecule has 0 N–H and O–H groups in total. The van der Waals surface area contributed by atoms with Crippen molar-refractivity contribution in [3.63, 3.8) is 0 Å². The number of ether oxygens (including phenoxy) is 1. The summed E-state index contributed by atoms with van der Waals surface area (Å²) in [4.78, 5) is 9.93. The van der Waals surface area contributed by atoms with Gasteiger partial charge in [-0.05, 0) is 0 Å². The Balaban J connectivity index is 3.00. The molecule has 0 aromatic heterocycles. The van der Waals surface area contributed by atoms with Crippen molar-refractivity contribution in [1.82, 2.24) is 0 Å². The molecule has 0 aromatic rings. The standard InChI is InChI=1S/C4H6O3/c1-7-4(6)2-3-5/h2H,3H2,1H3. The van der Waals surface area contributed by atoms with Crippen molar-refractivity contribution < 1.29 is 14.6 Å². The third-order valence-electron chi connectivity index (χ3n) is 0.451. The van der Waals surface area contributed by atoms with E-state index in [1.54, 1.807) is 0 Å². The molecule has 0 saturated heterocycles. The first-order valence-corrected chi connectivity index (χ1v) is 1.80. The van der Waals surface area contributed by atoms with Gasteiger partial charge in [-0.2, -0.15) is 0 Å². The van der Waals surface area contributed by atoms with Crippen molar-refractivity contribution in [2.24, 2.45) is 0 Å². The molecule has 3 nitrogen and oxygen atoms in total. The van der Waals surface area contributed by atoms with Crippen molar-refractivity contribution in [3.05, 3.63) is 6.42 Å². The van der Waals surface area contributed by atoms with Crippen LogP contribution in [0.4, 0.5) is 0 Å². The lowest BCUT2D eigenvalue weighted by Crippen LogP contribution is -2.02. The topological polar surface area (TPSA) is 46.2 Å². The SMILES string of the molecule is COC(=O)[CH]C[O]. The smallest absolute Gasteiger partial charge is 0.312 e. The van der Waals surface area contributed by atoms with Crippen LogP contribution in [-0.4, -0.2) is 19.7 Å². The van der Waals surface area contributed by atoms with E-state index >= 15 is 0 Å². The van der Waals surface area contributed by atoms with Crippen LogP contribution in [0.5, 0.6) is 0 Å². The fraction of sp³-hybridized carbons (Fsp3) is 0.500. The van der Waals surface area contributed by atoms with E-state index < -0.39 is 12.6 Å². The van der Waals surface area contributed by atoms with Gasteiger partial charge in [0.15, 0.2) is 0 Å². The number of hydrogen-bond donors (Lipinski definition) is 0. The highest BCUT2D eigenvalue weighted by atomic mass is 16.5. The summed E-state index contributed by atoms with van der Waals surface area (Å²) in [5, 5.41) is 9.54. The minimum absolute atomic E-state index is 0.507. The van der Waals surface area contributed by atoms with Crippen LogP contribution in [0.25, 0.3) is 0 Å². The fourth-order valence-electron chi connectivity index (χ4n) is 0.151. The molecule has 3 heteroatoms. The maximum atomic E-state index is 9.93. The van der Waals surface area contributed by atoms with Crippen LogP contribution in [0, 0.1) is 6.42 Å². The van der Waals surface area contributed by atoms with Gasteiger partial charge >= 0.3 is 5.97 Å². The number of hydrogen-bond acceptors (Lipinski definition) is 2. The molecule has 0 atom stereocenters. The van der Waals surface area contributed by atoms with Gasteiger partial charge in [0.2, 0.25) is 0 Å². The molecule has 0 aromatic carbocycles. The predicted molar refractivity (Wildman–Crippen MR) is 21.9 cm³/mol. The van der Waals surface area contributed by atoms with E-state index in [0.717, 1.165) is 6.42 Å². The summed E-state index contributed by atoms with van der Waals surface area (Å²) < 4.78 is 4.10. The number of rotatable bonds is 2. The summed E-state index contributed by atoms with van der Waals surface area (Å²) in [5.41, 5.74) is 0. The Hall–Kier alpha value is -0.570. The summed E-state index contributed by atoms with van der Waals surface area (Å²) in [6.07, 6.45) is 0.931. The summed E-state index contributed by atoms with van der Waals surface area (Å²) in [6, 6.07) is 0. The van der Waals surface area contributed by atoms with Gasteiger partial charge in [0.1, 0.15) is 0 Å². The molecule has 40 valence electrons. The third-order valence-corrected chi connectivity index (χ3v) is 0.451. The molecular weight excluding hydrogens is 96.0 g/mol. The Bertz CT molecular complexity index is 60.0. The van der Waals surface area contributed by atoms with Gasteiger partial charge in [-0.15, -0.1) is 0 Å². The van der Waals surface area contributed by atoms with E-state index in [4.69, 9.17) is 0 Å². The summed E-state index contributed by atoms with van der Waals surface area (Å²) in [5.74, 6) is -0.560. The van der Waals surface area contributed by atoms with Crippen molar-refractivity contribution in [2.45, 2.75) is 0 Å². The second kappa shape index (κ2) is 3.61. The molecule has 0 aliphatic rings. The Morgan fingerprint density at radius 1 is 1.86 bits per heavy atom. The highest BCUT2D eigenvalue weighted by Crippen LogP contribution is 1.76. The van der Waals surface area contributed by atoms with Crippen LogP contribution in [0.15, 0.2) is 0 Å². The maximum absolute atomic E-state index is 9.93. The van der Waals surface area contributed by atoms with Gasteiger partial charge in [0, 0.05) is 0 Å². The highest BCUT2D eigenvalue weighted by Gasteiger charge is 1.95. The molecule has 0 saturated carbocycles. The van der Waals surface area contributed by atoms with Crippen LogP contribution in [0.1, 0.15) is 0 Å². The van der Waals surface area contributed by atoms with Gasteiger partial charge in [0.25, 0.3) is 0 Å². The molecule has 0 rings (SSSR count). The summed E-state index contributed by atoms with van der Waals surface area (Å²) in [6.45, 7) is -0.507. The Morgan fingerprint density at radius 2 is 2.43 bits per heavy atom. The Labute approximate surface area is 41.9 Å². The van der Waals surface area contributed by atoms with E-state index in [2.05, 4.69) is 4.74 Å². The Morgan fingerprint density at radius 3 is 2.57 bits per heavy atom. The summed E-state index contributed by atoms with van der Waals surface area (Å²) >= 11 is 0. The molecular formula is C4H6O3.